The molecule has 0 aliphatic carbocycles. The van der Waals surface area contributed by atoms with E-state index in [9.17, 15) is 23.1 Å². The lowest BCUT2D eigenvalue weighted by Gasteiger charge is -2.34. The first-order valence-electron chi connectivity index (χ1n) is 5.73. The monoisotopic (exact) mass is 313 g/mol. The Morgan fingerprint density at radius 1 is 1.50 bits per heavy atom. The molecule has 1 aromatic heterocycles. The van der Waals surface area contributed by atoms with Gasteiger partial charge in [-0.3, -0.25) is 4.79 Å². The number of rotatable bonds is 2. The third kappa shape index (κ3) is 2.49. The Labute approximate surface area is 119 Å². The van der Waals surface area contributed by atoms with Crippen LogP contribution in [0.1, 0.15) is 31.4 Å². The Morgan fingerprint density at radius 2 is 2.10 bits per heavy atom. The lowest BCUT2D eigenvalue weighted by molar-refractivity contribution is -0.263. The number of hydrogen-bond donors (Lipinski definition) is 1. The van der Waals surface area contributed by atoms with Crippen molar-refractivity contribution < 1.29 is 23.1 Å². The maximum atomic E-state index is 12.9. The van der Waals surface area contributed by atoms with E-state index >= 15 is 0 Å². The fourth-order valence-corrected chi connectivity index (χ4v) is 2.27. The molecule has 1 aliphatic rings. The van der Waals surface area contributed by atoms with Crippen LogP contribution < -0.4 is 0 Å². The molecule has 0 radical (unpaired) electrons. The molecule has 0 bridgehead atoms. The molecule has 2 heterocycles. The number of alkyl halides is 3. The summed E-state index contributed by atoms with van der Waals surface area (Å²) in [5.41, 5.74) is -2.53. The molecular weight excluding hydrogens is 299 g/mol. The predicted octanol–water partition coefficient (Wildman–Crippen LogP) is 1.61. The van der Waals surface area contributed by atoms with E-state index in [1.54, 1.807) is 6.92 Å². The second-order valence-electron chi connectivity index (χ2n) is 4.90. The van der Waals surface area contributed by atoms with Gasteiger partial charge in [-0.25, -0.2) is 4.98 Å². The number of halogens is 4. The highest BCUT2D eigenvalue weighted by Gasteiger charge is 2.54. The van der Waals surface area contributed by atoms with Gasteiger partial charge < -0.3 is 14.6 Å². The van der Waals surface area contributed by atoms with Crippen LogP contribution in [0.25, 0.3) is 0 Å². The zero-order valence-electron chi connectivity index (χ0n) is 10.9. The molecule has 0 fully saturated rings. The molecular formula is C11H15ClF3N3O2. The zero-order chi connectivity index (χ0) is 14.4. The molecule has 1 aromatic rings. The molecule has 0 aromatic carbocycles. The molecule has 0 spiro atoms. The van der Waals surface area contributed by atoms with Gasteiger partial charge in [-0.15, -0.1) is 12.4 Å². The van der Waals surface area contributed by atoms with Crippen LogP contribution in [0.2, 0.25) is 0 Å². The molecule has 1 aliphatic heterocycles. The number of amides is 1. The minimum atomic E-state index is -4.81. The molecule has 9 heteroatoms. The van der Waals surface area contributed by atoms with E-state index in [2.05, 4.69) is 4.98 Å². The normalized spacial score (nSPS) is 21.7. The maximum absolute atomic E-state index is 12.9. The summed E-state index contributed by atoms with van der Waals surface area (Å²) in [6.45, 7) is 2.83. The third-order valence-electron chi connectivity index (χ3n) is 3.31. The zero-order valence-corrected chi connectivity index (χ0v) is 11.7. The van der Waals surface area contributed by atoms with E-state index in [1.807, 2.05) is 0 Å². The van der Waals surface area contributed by atoms with E-state index in [4.69, 9.17) is 0 Å². The summed E-state index contributed by atoms with van der Waals surface area (Å²) < 4.78 is 40.0. The predicted molar refractivity (Wildman–Crippen MR) is 66.3 cm³/mol. The minimum Gasteiger partial charge on any atom is -0.374 e. The maximum Gasteiger partial charge on any atom is 0.424 e. The van der Waals surface area contributed by atoms with Gasteiger partial charge in [0.2, 0.25) is 12.0 Å². The van der Waals surface area contributed by atoms with Crippen LogP contribution in [0.4, 0.5) is 13.2 Å². The van der Waals surface area contributed by atoms with E-state index < -0.39 is 17.6 Å². The van der Waals surface area contributed by atoms with Crippen molar-refractivity contribution in [3.63, 3.8) is 0 Å². The largest absolute Gasteiger partial charge is 0.424 e. The van der Waals surface area contributed by atoms with Gasteiger partial charge in [0.15, 0.2) is 5.82 Å². The fraction of sp³-hybridized carbons (Fsp3) is 0.636. The molecule has 0 saturated carbocycles. The van der Waals surface area contributed by atoms with Crippen molar-refractivity contribution in [1.29, 1.82) is 0 Å². The van der Waals surface area contributed by atoms with Crippen molar-refractivity contribution in [2.75, 3.05) is 6.54 Å². The average Bonchev–Trinajstić information content (AvgIpc) is 2.71. The van der Waals surface area contributed by atoms with E-state index in [0.717, 1.165) is 0 Å². The van der Waals surface area contributed by atoms with Crippen molar-refractivity contribution in [3.05, 3.63) is 17.7 Å². The first-order valence-corrected chi connectivity index (χ1v) is 5.73. The number of imidazole rings is 1. The smallest absolute Gasteiger partial charge is 0.374 e. The van der Waals surface area contributed by atoms with Crippen molar-refractivity contribution >= 4 is 18.8 Å². The molecule has 2 atom stereocenters. The summed E-state index contributed by atoms with van der Waals surface area (Å²) in [5.74, 6) is -0.437. The Balaban J connectivity index is 0.00000200. The Hall–Kier alpha value is -1.28. The van der Waals surface area contributed by atoms with E-state index in [-0.39, 0.29) is 31.5 Å². The van der Waals surface area contributed by atoms with Gasteiger partial charge in [-0.05, 0) is 13.8 Å². The van der Waals surface area contributed by atoms with Crippen LogP contribution in [-0.2, 0) is 16.9 Å². The number of nitrogens with zero attached hydrogens (tertiary/aromatic N) is 3. The lowest BCUT2D eigenvalue weighted by atomic mass is 10.0. The van der Waals surface area contributed by atoms with Gasteiger partial charge in [0.05, 0.1) is 24.5 Å². The summed E-state index contributed by atoms with van der Waals surface area (Å²) in [4.78, 5) is 15.9. The average molecular weight is 314 g/mol. The minimum absolute atomic E-state index is 0. The van der Waals surface area contributed by atoms with Crippen LogP contribution >= 0.6 is 12.4 Å². The van der Waals surface area contributed by atoms with E-state index in [1.165, 1.54) is 15.7 Å². The quantitative estimate of drug-likeness (QED) is 0.844. The number of aromatic nitrogens is 2. The van der Waals surface area contributed by atoms with Gasteiger partial charge >= 0.3 is 6.18 Å². The molecule has 1 unspecified atom stereocenters. The van der Waals surface area contributed by atoms with Crippen LogP contribution in [-0.4, -0.2) is 38.7 Å². The topological polar surface area (TPSA) is 58.4 Å². The molecule has 5 nitrogen and oxygen atoms in total. The second-order valence-corrected chi connectivity index (χ2v) is 4.90. The summed E-state index contributed by atoms with van der Waals surface area (Å²) in [7, 11) is 0. The highest BCUT2D eigenvalue weighted by atomic mass is 35.5. The van der Waals surface area contributed by atoms with Crippen LogP contribution in [0.5, 0.6) is 0 Å². The van der Waals surface area contributed by atoms with Crippen molar-refractivity contribution in [3.8, 4) is 0 Å². The van der Waals surface area contributed by atoms with E-state index in [0.29, 0.717) is 19.0 Å². The summed E-state index contributed by atoms with van der Waals surface area (Å²) in [6, 6.07) is -0.375. The second kappa shape index (κ2) is 5.25. The molecule has 2 rings (SSSR count). The summed E-state index contributed by atoms with van der Waals surface area (Å²) >= 11 is 0. The Bertz CT molecular complexity index is 502. The molecule has 0 saturated heterocycles. The van der Waals surface area contributed by atoms with Crippen molar-refractivity contribution in [2.45, 2.75) is 38.2 Å². The third-order valence-corrected chi connectivity index (χ3v) is 3.31. The lowest BCUT2D eigenvalue weighted by Crippen LogP contribution is -2.44. The molecule has 20 heavy (non-hydrogen) atoms. The van der Waals surface area contributed by atoms with Gasteiger partial charge in [0.25, 0.3) is 0 Å². The highest BCUT2D eigenvalue weighted by Crippen LogP contribution is 2.39. The fourth-order valence-electron chi connectivity index (χ4n) is 2.27. The summed E-state index contributed by atoms with van der Waals surface area (Å²) in [6.07, 6.45) is -2.90. The summed E-state index contributed by atoms with van der Waals surface area (Å²) in [5, 5.41) is 9.72. The molecule has 1 N–H and O–H groups in total. The Morgan fingerprint density at radius 3 is 2.60 bits per heavy atom. The number of hydrogen-bond acceptors (Lipinski definition) is 3. The van der Waals surface area contributed by atoms with Crippen LogP contribution in [0.3, 0.4) is 0 Å². The standard InChI is InChI=1S/C11H14F3N3O2.ClH/c1-7-4-16(6-18)5-8-3-15-9(17(7)8)10(2,19)11(12,13)14;/h3,6-7,19H,4-5H2,1-2H3;1H/t7-,10?;/m0./s1. The van der Waals surface area contributed by atoms with Crippen molar-refractivity contribution in [2.24, 2.45) is 0 Å². The van der Waals surface area contributed by atoms with Gasteiger partial charge in [0.1, 0.15) is 0 Å². The van der Waals surface area contributed by atoms with Crippen LogP contribution in [0.15, 0.2) is 6.20 Å². The van der Waals surface area contributed by atoms with Gasteiger partial charge in [0, 0.05) is 6.54 Å². The number of carbonyl (C=O) groups is 1. The SMILES string of the molecule is C[C@H]1CN(C=O)Cc2cnc(C(C)(O)C(F)(F)F)n21.Cl. The molecule has 114 valence electrons. The van der Waals surface area contributed by atoms with Crippen molar-refractivity contribution in [1.82, 2.24) is 14.5 Å². The first-order chi connectivity index (χ1) is 8.68. The number of carbonyl (C=O) groups excluding carboxylic acids is 1. The van der Waals surface area contributed by atoms with Gasteiger partial charge in [-0.1, -0.05) is 0 Å². The number of fused-ring (bicyclic) bond motifs is 1. The number of aliphatic hydroxyl groups is 1. The van der Waals surface area contributed by atoms with Gasteiger partial charge in [-0.2, -0.15) is 13.2 Å². The highest BCUT2D eigenvalue weighted by molar-refractivity contribution is 5.85. The Kier molecular flexibility index (Phi) is 4.40. The molecule has 1 amide bonds. The first kappa shape index (κ1) is 16.8. The van der Waals surface area contributed by atoms with Crippen LogP contribution in [0, 0.1) is 0 Å².